The fourth-order valence-electron chi connectivity index (χ4n) is 4.42. The fourth-order valence-corrected chi connectivity index (χ4v) is 4.42. The van der Waals surface area contributed by atoms with E-state index in [0.29, 0.717) is 16.9 Å². The van der Waals surface area contributed by atoms with E-state index < -0.39 is 17.7 Å². The first-order valence-corrected chi connectivity index (χ1v) is 11.7. The maximum atomic E-state index is 13.3. The number of ether oxygens (including phenoxy) is 1. The summed E-state index contributed by atoms with van der Waals surface area (Å²) in [5.41, 5.74) is 5.05. The predicted molar refractivity (Wildman–Crippen MR) is 135 cm³/mol. The molecule has 1 saturated heterocycles. The van der Waals surface area contributed by atoms with Crippen LogP contribution in [0.1, 0.15) is 53.3 Å². The highest BCUT2D eigenvalue weighted by molar-refractivity contribution is 6.46. The van der Waals surface area contributed by atoms with Crippen LogP contribution >= 0.6 is 0 Å². The maximum absolute atomic E-state index is 13.3. The molecule has 1 atom stereocenters. The molecule has 1 aliphatic rings. The van der Waals surface area contributed by atoms with Crippen molar-refractivity contribution in [2.24, 2.45) is 0 Å². The van der Waals surface area contributed by atoms with Gasteiger partial charge in [-0.15, -0.1) is 0 Å². The van der Waals surface area contributed by atoms with Gasteiger partial charge >= 0.3 is 0 Å². The van der Waals surface area contributed by atoms with Crippen LogP contribution in [-0.2, 0) is 16.1 Å². The van der Waals surface area contributed by atoms with Gasteiger partial charge in [0.2, 0.25) is 0 Å². The Labute approximate surface area is 205 Å². The largest absolute Gasteiger partial charge is 0.507 e. The monoisotopic (exact) mass is 470 g/mol. The zero-order chi connectivity index (χ0) is 25.3. The molecule has 3 aromatic rings. The molecule has 0 aliphatic carbocycles. The number of benzene rings is 2. The van der Waals surface area contributed by atoms with Crippen molar-refractivity contribution >= 4 is 17.4 Å². The van der Waals surface area contributed by atoms with Crippen molar-refractivity contribution in [1.82, 2.24) is 9.88 Å². The minimum Gasteiger partial charge on any atom is -0.507 e. The second kappa shape index (κ2) is 9.74. The molecule has 6 heteroatoms. The highest BCUT2D eigenvalue weighted by Gasteiger charge is 2.46. The first kappa shape index (κ1) is 24.2. The molecule has 1 N–H and O–H groups in total. The lowest BCUT2D eigenvalue weighted by molar-refractivity contribution is -0.140. The molecule has 1 aromatic heterocycles. The molecule has 2 aromatic carbocycles. The van der Waals surface area contributed by atoms with Crippen LogP contribution in [0.3, 0.4) is 0 Å². The summed E-state index contributed by atoms with van der Waals surface area (Å²) in [4.78, 5) is 32.3. The number of aliphatic hydroxyl groups is 1. The Morgan fingerprint density at radius 3 is 2.49 bits per heavy atom. The van der Waals surface area contributed by atoms with E-state index in [9.17, 15) is 14.7 Å². The van der Waals surface area contributed by atoms with Crippen molar-refractivity contribution in [2.75, 3.05) is 0 Å². The summed E-state index contributed by atoms with van der Waals surface area (Å²) in [5.74, 6) is -0.852. The van der Waals surface area contributed by atoms with Crippen LogP contribution in [0.4, 0.5) is 0 Å². The third kappa shape index (κ3) is 4.83. The third-order valence-corrected chi connectivity index (χ3v) is 6.20. The molecular formula is C29H30N2O4. The number of likely N-dealkylation sites (tertiary alicyclic amines) is 1. The highest BCUT2D eigenvalue weighted by atomic mass is 16.5. The summed E-state index contributed by atoms with van der Waals surface area (Å²) in [6.07, 6.45) is 3.27. The van der Waals surface area contributed by atoms with Crippen LogP contribution in [0.25, 0.3) is 5.76 Å². The molecule has 1 unspecified atom stereocenters. The Morgan fingerprint density at radius 1 is 1.06 bits per heavy atom. The number of hydrogen-bond donors (Lipinski definition) is 1. The molecule has 0 bridgehead atoms. The van der Waals surface area contributed by atoms with Gasteiger partial charge in [-0.05, 0) is 81.1 Å². The molecule has 0 saturated carbocycles. The summed E-state index contributed by atoms with van der Waals surface area (Å²) in [6, 6.07) is 14.1. The topological polar surface area (TPSA) is 79.7 Å². The van der Waals surface area contributed by atoms with Crippen LogP contribution in [0.15, 0.2) is 66.5 Å². The predicted octanol–water partition coefficient (Wildman–Crippen LogP) is 5.42. The molecule has 180 valence electrons. The third-order valence-electron chi connectivity index (χ3n) is 6.20. The number of amides is 1. The Hall–Kier alpha value is -3.93. The van der Waals surface area contributed by atoms with Crippen LogP contribution in [0, 0.1) is 20.8 Å². The number of ketones is 1. The number of pyridine rings is 1. The zero-order valence-electron chi connectivity index (χ0n) is 20.7. The van der Waals surface area contributed by atoms with E-state index in [1.807, 2.05) is 58.9 Å². The van der Waals surface area contributed by atoms with Gasteiger partial charge in [-0.2, -0.15) is 0 Å². The van der Waals surface area contributed by atoms with Crippen molar-refractivity contribution in [2.45, 2.75) is 53.3 Å². The van der Waals surface area contributed by atoms with Gasteiger partial charge in [0.25, 0.3) is 11.7 Å². The van der Waals surface area contributed by atoms with E-state index >= 15 is 0 Å². The molecule has 35 heavy (non-hydrogen) atoms. The maximum Gasteiger partial charge on any atom is 0.295 e. The lowest BCUT2D eigenvalue weighted by atomic mass is 9.95. The second-order valence-electron chi connectivity index (χ2n) is 9.29. The molecule has 0 radical (unpaired) electrons. The Balaban J connectivity index is 1.83. The van der Waals surface area contributed by atoms with Crippen molar-refractivity contribution in [3.05, 3.63) is 99.9 Å². The van der Waals surface area contributed by atoms with Crippen LogP contribution in [-0.4, -0.2) is 32.8 Å². The summed E-state index contributed by atoms with van der Waals surface area (Å²) in [7, 11) is 0. The Morgan fingerprint density at radius 2 is 1.83 bits per heavy atom. The van der Waals surface area contributed by atoms with Gasteiger partial charge in [0.15, 0.2) is 0 Å². The number of hydrogen-bond acceptors (Lipinski definition) is 5. The van der Waals surface area contributed by atoms with Gasteiger partial charge in [0, 0.05) is 24.5 Å². The summed E-state index contributed by atoms with van der Waals surface area (Å²) in [6.45, 7) is 9.98. The standard InChI is InChI=1S/C29H30N2O4/c1-17(2)35-24-11-10-21(14-20(24)5)27(32)25-26(22-7-6-12-30-15-22)31(29(34)28(25)33)16-23-13-18(3)8-9-19(23)4/h6-15,17,26,32H,16H2,1-5H3/b27-25-. The van der Waals surface area contributed by atoms with Gasteiger partial charge in [-0.1, -0.05) is 29.8 Å². The molecule has 1 fully saturated rings. The molecule has 1 aliphatic heterocycles. The smallest absolute Gasteiger partial charge is 0.295 e. The average Bonchev–Trinajstić information content (AvgIpc) is 3.07. The van der Waals surface area contributed by atoms with Gasteiger partial charge in [-0.25, -0.2) is 0 Å². The summed E-state index contributed by atoms with van der Waals surface area (Å²) < 4.78 is 5.80. The second-order valence-corrected chi connectivity index (χ2v) is 9.29. The van der Waals surface area contributed by atoms with Crippen LogP contribution in [0.5, 0.6) is 5.75 Å². The van der Waals surface area contributed by atoms with E-state index in [2.05, 4.69) is 4.98 Å². The first-order chi connectivity index (χ1) is 16.7. The van der Waals surface area contributed by atoms with E-state index in [-0.39, 0.29) is 24.0 Å². The van der Waals surface area contributed by atoms with Crippen molar-refractivity contribution in [3.63, 3.8) is 0 Å². The number of carbonyl (C=O) groups excluding carboxylic acids is 2. The van der Waals surface area contributed by atoms with E-state index in [4.69, 9.17) is 4.74 Å². The summed E-state index contributed by atoms with van der Waals surface area (Å²) in [5, 5.41) is 11.3. The van der Waals surface area contributed by atoms with Gasteiger partial charge in [0.05, 0.1) is 17.7 Å². The van der Waals surface area contributed by atoms with Crippen molar-refractivity contribution in [3.8, 4) is 5.75 Å². The molecular weight excluding hydrogens is 440 g/mol. The van der Waals surface area contributed by atoms with Crippen molar-refractivity contribution in [1.29, 1.82) is 0 Å². The summed E-state index contributed by atoms with van der Waals surface area (Å²) >= 11 is 0. The molecule has 0 spiro atoms. The Kier molecular flexibility index (Phi) is 6.74. The number of nitrogens with zero attached hydrogens (tertiary/aromatic N) is 2. The van der Waals surface area contributed by atoms with E-state index in [1.54, 1.807) is 36.7 Å². The first-order valence-electron chi connectivity index (χ1n) is 11.7. The average molecular weight is 471 g/mol. The molecule has 2 heterocycles. The number of carbonyl (C=O) groups is 2. The zero-order valence-corrected chi connectivity index (χ0v) is 20.7. The molecule has 1 amide bonds. The molecule has 6 nitrogen and oxygen atoms in total. The van der Waals surface area contributed by atoms with E-state index in [0.717, 1.165) is 22.3 Å². The molecule has 4 rings (SSSR count). The number of Topliss-reactive ketones (excluding diaryl/α,β-unsaturated/α-hetero) is 1. The Bertz CT molecular complexity index is 1310. The highest BCUT2D eigenvalue weighted by Crippen LogP contribution is 2.40. The van der Waals surface area contributed by atoms with E-state index in [1.165, 1.54) is 4.90 Å². The number of aromatic nitrogens is 1. The minimum absolute atomic E-state index is 0.00846. The normalized spacial score (nSPS) is 17.3. The van der Waals surface area contributed by atoms with Gasteiger partial charge in [0.1, 0.15) is 11.5 Å². The number of aliphatic hydroxyl groups excluding tert-OH is 1. The minimum atomic E-state index is -0.754. The fraction of sp³-hybridized carbons (Fsp3) is 0.276. The van der Waals surface area contributed by atoms with Crippen LogP contribution in [0.2, 0.25) is 0 Å². The lowest BCUT2D eigenvalue weighted by Gasteiger charge is -2.26. The van der Waals surface area contributed by atoms with Gasteiger partial charge < -0.3 is 14.7 Å². The van der Waals surface area contributed by atoms with Gasteiger partial charge in [-0.3, -0.25) is 14.6 Å². The SMILES string of the molecule is Cc1ccc(C)c(CN2C(=O)C(=O)/C(=C(\O)c3ccc(OC(C)C)c(C)c3)C2c2cccnc2)c1. The van der Waals surface area contributed by atoms with Crippen molar-refractivity contribution < 1.29 is 19.4 Å². The number of rotatable bonds is 6. The van der Waals surface area contributed by atoms with Crippen LogP contribution < -0.4 is 4.74 Å². The quantitative estimate of drug-likeness (QED) is 0.296. The number of aryl methyl sites for hydroxylation is 3. The lowest BCUT2D eigenvalue weighted by Crippen LogP contribution is -2.29.